The molecule has 49 heavy (non-hydrogen) atoms. The number of rotatable bonds is 10. The first kappa shape index (κ1) is 39.8. The highest BCUT2D eigenvalue weighted by molar-refractivity contribution is 6.11. The fourth-order valence-electron chi connectivity index (χ4n) is 4.93. The number of aromatic hydroxyl groups is 2. The molecule has 0 bridgehead atoms. The van der Waals surface area contributed by atoms with Gasteiger partial charge in [-0.3, -0.25) is 19.2 Å². The van der Waals surface area contributed by atoms with Crippen LogP contribution in [0.3, 0.4) is 0 Å². The highest BCUT2D eigenvalue weighted by Crippen LogP contribution is 2.49. The van der Waals surface area contributed by atoms with Crippen LogP contribution in [0.4, 0.5) is 14.5 Å². The molecule has 0 aliphatic heterocycles. The minimum absolute atomic E-state index is 0. The van der Waals surface area contributed by atoms with Crippen molar-refractivity contribution in [1.29, 1.82) is 0 Å². The van der Waals surface area contributed by atoms with Gasteiger partial charge < -0.3 is 21.1 Å². The van der Waals surface area contributed by atoms with Crippen LogP contribution < -0.4 is 5.73 Å². The predicted molar refractivity (Wildman–Crippen MR) is 184 cm³/mol. The van der Waals surface area contributed by atoms with Crippen molar-refractivity contribution in [3.63, 3.8) is 0 Å². The largest absolute Gasteiger partial charge is 0.508 e. The number of halogens is 2. The van der Waals surface area contributed by atoms with E-state index >= 15 is 0 Å². The number of nitrogen functional groups attached to an aromatic ring is 1. The Hall–Kier alpha value is -5.38. The molecule has 0 amide bonds. The summed E-state index contributed by atoms with van der Waals surface area (Å²) >= 11 is 0. The first-order valence-electron chi connectivity index (χ1n) is 15.0. The minimum atomic E-state index is -1.16. The Morgan fingerprint density at radius 1 is 0.531 bits per heavy atom. The Balaban J connectivity index is 0.000000279. The Labute approximate surface area is 285 Å². The lowest BCUT2D eigenvalue weighted by Crippen LogP contribution is -2.28. The van der Waals surface area contributed by atoms with Crippen molar-refractivity contribution < 1.29 is 43.3 Å². The van der Waals surface area contributed by atoms with Gasteiger partial charge >= 0.3 is 5.97 Å². The number of ketones is 3. The highest BCUT2D eigenvalue weighted by atomic mass is 19.1. The number of anilines is 1. The summed E-state index contributed by atoms with van der Waals surface area (Å²) < 4.78 is 25.5. The van der Waals surface area contributed by atoms with Crippen molar-refractivity contribution >= 4 is 29.0 Å². The van der Waals surface area contributed by atoms with Crippen LogP contribution in [0.15, 0.2) is 97.1 Å². The maximum Gasteiger partial charge on any atom is 0.317 e. The Morgan fingerprint density at radius 3 is 1.10 bits per heavy atom. The van der Waals surface area contributed by atoms with E-state index in [0.717, 1.165) is 11.1 Å². The van der Waals surface area contributed by atoms with Crippen LogP contribution in [0, 0.1) is 22.5 Å². The zero-order valence-corrected chi connectivity index (χ0v) is 25.5. The van der Waals surface area contributed by atoms with Gasteiger partial charge in [-0.15, -0.1) is 0 Å². The Morgan fingerprint density at radius 2 is 0.816 bits per heavy atom. The van der Waals surface area contributed by atoms with E-state index in [9.17, 15) is 33.1 Å². The van der Waals surface area contributed by atoms with Gasteiger partial charge in [-0.2, -0.15) is 0 Å². The third-order valence-corrected chi connectivity index (χ3v) is 8.26. The molecule has 0 radical (unpaired) electrons. The van der Waals surface area contributed by atoms with Gasteiger partial charge in [0.05, 0.1) is 5.41 Å². The van der Waals surface area contributed by atoms with Gasteiger partial charge in [0.1, 0.15) is 28.5 Å². The van der Waals surface area contributed by atoms with Gasteiger partial charge in [0.2, 0.25) is 0 Å². The number of carbonyl (C=O) groups is 4. The third-order valence-electron chi connectivity index (χ3n) is 8.26. The van der Waals surface area contributed by atoms with Crippen LogP contribution in [0.5, 0.6) is 11.5 Å². The van der Waals surface area contributed by atoms with E-state index in [2.05, 4.69) is 0 Å². The van der Waals surface area contributed by atoms with E-state index in [1.165, 1.54) is 48.5 Å². The molecule has 0 unspecified atom stereocenters. The summed E-state index contributed by atoms with van der Waals surface area (Å²) in [6.07, 6.45) is 2.42. The van der Waals surface area contributed by atoms with E-state index in [4.69, 9.17) is 15.9 Å². The first-order valence-corrected chi connectivity index (χ1v) is 15.0. The molecule has 2 saturated carbocycles. The lowest BCUT2D eigenvalue weighted by molar-refractivity contribution is -0.148. The summed E-state index contributed by atoms with van der Waals surface area (Å²) in [5.41, 5.74) is 6.12. The molecule has 4 aromatic rings. The maximum absolute atomic E-state index is 12.9. The average Bonchev–Trinajstić information content (AvgIpc) is 3.97. The zero-order valence-electron chi connectivity index (χ0n) is 25.5. The van der Waals surface area contributed by atoms with Gasteiger partial charge in [0.25, 0.3) is 0 Å². The van der Waals surface area contributed by atoms with Crippen molar-refractivity contribution in [2.75, 3.05) is 5.73 Å². The van der Waals surface area contributed by atoms with E-state index in [-0.39, 0.29) is 74.6 Å². The van der Waals surface area contributed by atoms with Crippen molar-refractivity contribution in [2.45, 2.75) is 59.8 Å². The number of nitrogens with two attached hydrogens (primary N) is 1. The highest BCUT2D eigenvalue weighted by Gasteiger charge is 2.56. The van der Waals surface area contributed by atoms with E-state index in [0.29, 0.717) is 36.9 Å². The molecule has 0 atom stereocenters. The van der Waals surface area contributed by atoms with Crippen LogP contribution in [0.1, 0.15) is 57.2 Å². The molecule has 0 spiro atoms. The first-order chi connectivity index (χ1) is 22.3. The molecule has 4 aromatic carbocycles. The van der Waals surface area contributed by atoms with Gasteiger partial charge in [0.15, 0.2) is 17.3 Å². The molecule has 2 fully saturated rings. The maximum atomic E-state index is 12.9. The van der Waals surface area contributed by atoms with E-state index < -0.39 is 16.8 Å². The van der Waals surface area contributed by atoms with Gasteiger partial charge in [0, 0.05) is 24.9 Å². The summed E-state index contributed by atoms with van der Waals surface area (Å²) in [5, 5.41) is 26.9. The normalized spacial score (nSPS) is 14.1. The summed E-state index contributed by atoms with van der Waals surface area (Å²) in [4.78, 5) is 47.7. The van der Waals surface area contributed by atoms with Crippen LogP contribution in [0.25, 0.3) is 0 Å². The van der Waals surface area contributed by atoms with E-state index in [1.807, 2.05) is 0 Å². The number of Topliss-reactive ketones (excluding diaryl/α,β-unsaturated/α-hetero) is 3. The number of benzene rings is 4. The van der Waals surface area contributed by atoms with E-state index in [1.54, 1.807) is 48.5 Å². The zero-order chi connectivity index (χ0) is 34.2. The SMILES string of the molecule is C.C.Nc1ccc(O)cc1.O=C(Cc1ccc(O)cc1)C1(C(=O)Cc2ccc(F)cc2)CC1.O=C(O)C1(C(=O)Cc2ccc(F)cc2)CC1. The lowest BCUT2D eigenvalue weighted by Gasteiger charge is -2.13. The standard InChI is InChI=1S/C19H17FO3.C12H11FO3.C6H7NO.2CH4/c20-15-5-1-13(2-6-15)11-17(22)19(9-10-19)18(23)12-14-3-7-16(21)8-4-14;13-9-3-1-8(2-4-9)7-10(14)12(5-6-12)11(15)16;7-5-1-3-6(8)4-2-5;;/h1-8,21H,9-12H2;1-4H,5-7H2,(H,15,16);1-4,8H,7H2;2*1H4. The monoisotopic (exact) mass is 675 g/mol. The number of carboxylic acid groups (broad SMARTS) is 1. The second-order valence-corrected chi connectivity index (χ2v) is 11.8. The van der Waals surface area contributed by atoms with Gasteiger partial charge in [-0.05, 0) is 103 Å². The Kier molecular flexibility index (Phi) is 13.9. The fourth-order valence-corrected chi connectivity index (χ4v) is 4.93. The number of hydrogen-bond acceptors (Lipinski definition) is 7. The fraction of sp³-hybridized carbons (Fsp3) is 0.282. The van der Waals surface area contributed by atoms with Crippen molar-refractivity contribution in [3.8, 4) is 11.5 Å². The van der Waals surface area contributed by atoms with Crippen LogP contribution >= 0.6 is 0 Å². The third kappa shape index (κ3) is 10.8. The summed E-state index contributed by atoms with van der Waals surface area (Å²) in [5.74, 6) is -1.80. The average molecular weight is 676 g/mol. The number of hydrogen-bond donors (Lipinski definition) is 4. The summed E-state index contributed by atoms with van der Waals surface area (Å²) in [7, 11) is 0. The molecule has 10 heteroatoms. The topological polar surface area (TPSA) is 155 Å². The summed E-state index contributed by atoms with van der Waals surface area (Å²) in [6, 6.07) is 24.2. The van der Waals surface area contributed by atoms with Gasteiger partial charge in [-0.1, -0.05) is 51.3 Å². The van der Waals surface area contributed by atoms with Crippen molar-refractivity contribution in [1.82, 2.24) is 0 Å². The molecule has 0 saturated heterocycles. The Bertz CT molecular complexity index is 1630. The number of carbonyl (C=O) groups excluding carboxylic acids is 3. The van der Waals surface area contributed by atoms with Crippen LogP contribution in [-0.4, -0.2) is 38.6 Å². The molecule has 2 aliphatic carbocycles. The molecule has 5 N–H and O–H groups in total. The number of phenols is 2. The minimum Gasteiger partial charge on any atom is -0.508 e. The lowest BCUT2D eigenvalue weighted by atomic mass is 9.88. The molecule has 0 aromatic heterocycles. The molecular formula is C39H43F2NO7. The number of carboxylic acids is 1. The predicted octanol–water partition coefficient (Wildman–Crippen LogP) is 7.28. The van der Waals surface area contributed by atoms with Crippen LogP contribution in [-0.2, 0) is 38.4 Å². The molecule has 8 nitrogen and oxygen atoms in total. The smallest absolute Gasteiger partial charge is 0.317 e. The molecule has 0 heterocycles. The number of aliphatic carboxylic acids is 1. The van der Waals surface area contributed by atoms with Gasteiger partial charge in [-0.25, -0.2) is 8.78 Å². The van der Waals surface area contributed by atoms with Crippen LogP contribution in [0.2, 0.25) is 0 Å². The van der Waals surface area contributed by atoms with Crippen molar-refractivity contribution in [2.24, 2.45) is 10.8 Å². The van der Waals surface area contributed by atoms with Crippen molar-refractivity contribution in [3.05, 3.63) is 125 Å². The molecule has 260 valence electrons. The number of phenolic OH excluding ortho intramolecular Hbond substituents is 2. The molecule has 2 aliphatic rings. The quantitative estimate of drug-likeness (QED) is 0.0777. The molecule has 6 rings (SSSR count). The summed E-state index contributed by atoms with van der Waals surface area (Å²) in [6.45, 7) is 0. The molecular weight excluding hydrogens is 632 g/mol. The second kappa shape index (κ2) is 17.1. The second-order valence-electron chi connectivity index (χ2n) is 11.8.